The maximum Gasteiger partial charge on any atom is 0.0777 e. The van der Waals surface area contributed by atoms with Gasteiger partial charge in [-0.05, 0) is 7.05 Å². The van der Waals surface area contributed by atoms with Gasteiger partial charge in [0.15, 0.2) is 0 Å². The van der Waals surface area contributed by atoms with E-state index in [-0.39, 0.29) is 0 Å². The van der Waals surface area contributed by atoms with Gasteiger partial charge in [0.25, 0.3) is 0 Å². The summed E-state index contributed by atoms with van der Waals surface area (Å²) < 4.78 is 0. The topological polar surface area (TPSA) is 21.8 Å². The van der Waals surface area contributed by atoms with Gasteiger partial charge in [-0.3, -0.25) is 5.43 Å². The molecule has 62 valence electrons. The van der Waals surface area contributed by atoms with Crippen LogP contribution < -0.4 is 5.43 Å². The zero-order valence-corrected chi connectivity index (χ0v) is 7.55. The van der Waals surface area contributed by atoms with Crippen molar-refractivity contribution in [3.05, 3.63) is 0 Å². The third-order valence-corrected chi connectivity index (χ3v) is 1.48. The highest BCUT2D eigenvalue weighted by Crippen LogP contribution is 1.85. The fourth-order valence-electron chi connectivity index (χ4n) is 0.504. The van der Waals surface area contributed by atoms with Crippen LogP contribution in [0.3, 0.4) is 0 Å². The van der Waals surface area contributed by atoms with E-state index < -0.39 is 0 Å². The molecule has 0 heterocycles. The van der Waals surface area contributed by atoms with Crippen molar-refractivity contribution in [3.8, 4) is 0 Å². The van der Waals surface area contributed by atoms with Crippen molar-refractivity contribution in [1.29, 1.82) is 0 Å². The third kappa shape index (κ3) is 3.79. The van der Waals surface area contributed by atoms with Crippen LogP contribution in [0.5, 0.6) is 0 Å². The molecule has 0 bridgehead atoms. The monoisotopic (exact) mass is 146 g/mol. The summed E-state index contributed by atoms with van der Waals surface area (Å²) in [6.45, 7) is 0.878. The van der Waals surface area contributed by atoms with Crippen molar-refractivity contribution in [3.63, 3.8) is 0 Å². The molecule has 4 heteroatoms. The van der Waals surface area contributed by atoms with Crippen LogP contribution in [0.25, 0.3) is 0 Å². The lowest BCUT2D eigenvalue weighted by molar-refractivity contribution is -0.00599. The highest BCUT2D eigenvalue weighted by Gasteiger charge is 2.01. The molecular formula is C6H18N4. The van der Waals surface area contributed by atoms with E-state index >= 15 is 0 Å². The fourth-order valence-corrected chi connectivity index (χ4v) is 0.504. The lowest BCUT2D eigenvalue weighted by atomic mass is 10.9. The second kappa shape index (κ2) is 4.62. The highest BCUT2D eigenvalue weighted by atomic mass is 15.7. The molecule has 0 aromatic carbocycles. The predicted molar refractivity (Wildman–Crippen MR) is 43.1 cm³/mol. The van der Waals surface area contributed by atoms with E-state index in [0.717, 1.165) is 6.67 Å². The summed E-state index contributed by atoms with van der Waals surface area (Å²) in [5.74, 6) is 0. The van der Waals surface area contributed by atoms with E-state index in [1.807, 2.05) is 45.3 Å². The van der Waals surface area contributed by atoms with Crippen LogP contribution >= 0.6 is 0 Å². The van der Waals surface area contributed by atoms with Crippen LogP contribution in [0, 0.1) is 0 Å². The largest absolute Gasteiger partial charge is 0.257 e. The Labute approximate surface area is 63.3 Å². The average Bonchev–Trinajstić information content (AvgIpc) is 1.87. The van der Waals surface area contributed by atoms with Gasteiger partial charge in [-0.2, -0.15) is 0 Å². The van der Waals surface area contributed by atoms with Crippen molar-refractivity contribution in [2.45, 2.75) is 0 Å². The van der Waals surface area contributed by atoms with Crippen molar-refractivity contribution in [2.75, 3.05) is 41.9 Å². The molecule has 0 atom stereocenters. The molecule has 0 radical (unpaired) electrons. The summed E-state index contributed by atoms with van der Waals surface area (Å²) >= 11 is 0. The lowest BCUT2D eigenvalue weighted by Gasteiger charge is -2.28. The molecule has 0 aliphatic rings. The van der Waals surface area contributed by atoms with E-state index in [2.05, 4.69) is 10.4 Å². The Morgan fingerprint density at radius 3 is 1.90 bits per heavy atom. The summed E-state index contributed by atoms with van der Waals surface area (Å²) in [7, 11) is 9.98. The SMILES string of the molecule is CNN(C)CN(C)N(C)C. The molecule has 1 N–H and O–H groups in total. The third-order valence-electron chi connectivity index (χ3n) is 1.48. The van der Waals surface area contributed by atoms with E-state index in [1.54, 1.807) is 0 Å². The molecule has 0 aromatic rings. The summed E-state index contributed by atoms with van der Waals surface area (Å²) in [6, 6.07) is 0. The first-order valence-electron chi connectivity index (χ1n) is 3.34. The molecule has 0 aliphatic carbocycles. The highest BCUT2D eigenvalue weighted by molar-refractivity contribution is 4.39. The predicted octanol–water partition coefficient (Wildman–Crippen LogP) is -0.581. The lowest BCUT2D eigenvalue weighted by Crippen LogP contribution is -2.45. The normalized spacial score (nSPS) is 12.0. The zero-order chi connectivity index (χ0) is 8.15. The Hall–Kier alpha value is -0.160. The van der Waals surface area contributed by atoms with Gasteiger partial charge in [0.2, 0.25) is 0 Å². The standard InChI is InChI=1S/C6H18N4/c1-7-9(4)6-10(5)8(2)3/h7H,6H2,1-5H3. The molecule has 0 rings (SSSR count). The Kier molecular flexibility index (Phi) is 4.55. The van der Waals surface area contributed by atoms with Crippen LogP contribution in [0.2, 0.25) is 0 Å². The smallest absolute Gasteiger partial charge is 0.0777 e. The molecule has 0 saturated carbocycles. The van der Waals surface area contributed by atoms with Gasteiger partial charge in [-0.1, -0.05) is 0 Å². The molecule has 0 amide bonds. The number of hydrazine groups is 2. The fraction of sp³-hybridized carbons (Fsp3) is 1.00. The molecule has 0 aromatic heterocycles. The Morgan fingerprint density at radius 1 is 1.10 bits per heavy atom. The Morgan fingerprint density at radius 2 is 1.60 bits per heavy atom. The molecule has 4 nitrogen and oxygen atoms in total. The first-order valence-corrected chi connectivity index (χ1v) is 3.34. The van der Waals surface area contributed by atoms with Gasteiger partial charge in [-0.15, -0.1) is 0 Å². The summed E-state index contributed by atoms with van der Waals surface area (Å²) in [6.07, 6.45) is 0. The second-order valence-corrected chi connectivity index (χ2v) is 2.57. The van der Waals surface area contributed by atoms with Crippen molar-refractivity contribution in [2.24, 2.45) is 0 Å². The van der Waals surface area contributed by atoms with Crippen molar-refractivity contribution >= 4 is 0 Å². The van der Waals surface area contributed by atoms with Gasteiger partial charge >= 0.3 is 0 Å². The summed E-state index contributed by atoms with van der Waals surface area (Å²) in [5.41, 5.74) is 3.02. The first kappa shape index (κ1) is 9.84. The summed E-state index contributed by atoms with van der Waals surface area (Å²) in [4.78, 5) is 0. The molecule has 0 aliphatic heterocycles. The van der Waals surface area contributed by atoms with E-state index in [9.17, 15) is 0 Å². The Balaban J connectivity index is 3.46. The number of hydrogen-bond donors (Lipinski definition) is 1. The molecule has 0 saturated heterocycles. The van der Waals surface area contributed by atoms with Gasteiger partial charge < -0.3 is 0 Å². The maximum absolute atomic E-state index is 3.02. The molecule has 0 spiro atoms. The van der Waals surface area contributed by atoms with E-state index in [4.69, 9.17) is 0 Å². The minimum atomic E-state index is 0.878. The number of nitrogens with one attached hydrogen (secondary N) is 1. The van der Waals surface area contributed by atoms with E-state index in [1.165, 1.54) is 0 Å². The summed E-state index contributed by atoms with van der Waals surface area (Å²) in [5, 5.41) is 6.13. The Bertz CT molecular complexity index is 83.8. The quantitative estimate of drug-likeness (QED) is 0.423. The molecule has 10 heavy (non-hydrogen) atoms. The van der Waals surface area contributed by atoms with Gasteiger partial charge in [0, 0.05) is 28.2 Å². The minimum absolute atomic E-state index is 0.878. The maximum atomic E-state index is 3.02. The molecular weight excluding hydrogens is 128 g/mol. The van der Waals surface area contributed by atoms with Gasteiger partial charge in [-0.25, -0.2) is 15.0 Å². The zero-order valence-electron chi connectivity index (χ0n) is 7.55. The van der Waals surface area contributed by atoms with Crippen LogP contribution in [-0.2, 0) is 0 Å². The average molecular weight is 146 g/mol. The second-order valence-electron chi connectivity index (χ2n) is 2.57. The van der Waals surface area contributed by atoms with Crippen LogP contribution in [0.4, 0.5) is 0 Å². The number of nitrogens with zero attached hydrogens (tertiary/aromatic N) is 3. The molecule has 0 fully saturated rings. The van der Waals surface area contributed by atoms with Crippen LogP contribution in [0.1, 0.15) is 0 Å². The minimum Gasteiger partial charge on any atom is -0.257 e. The number of rotatable bonds is 4. The van der Waals surface area contributed by atoms with Gasteiger partial charge in [0.05, 0.1) is 6.67 Å². The van der Waals surface area contributed by atoms with E-state index in [0.29, 0.717) is 0 Å². The molecule has 0 unspecified atom stereocenters. The van der Waals surface area contributed by atoms with Crippen molar-refractivity contribution < 1.29 is 0 Å². The van der Waals surface area contributed by atoms with Crippen LogP contribution in [0.15, 0.2) is 0 Å². The number of hydrogen-bond acceptors (Lipinski definition) is 4. The van der Waals surface area contributed by atoms with Gasteiger partial charge in [0.1, 0.15) is 0 Å². The van der Waals surface area contributed by atoms with Crippen LogP contribution in [-0.4, -0.2) is 56.9 Å². The van der Waals surface area contributed by atoms with Crippen molar-refractivity contribution in [1.82, 2.24) is 20.5 Å². The first-order chi connectivity index (χ1) is 4.57.